The largest absolute Gasteiger partial charge is 0.480 e. The van der Waals surface area contributed by atoms with Gasteiger partial charge in [-0.2, -0.15) is 0 Å². The summed E-state index contributed by atoms with van der Waals surface area (Å²) in [5.41, 5.74) is 6.49. The first-order chi connectivity index (χ1) is 17.3. The number of benzene rings is 1. The Hall–Kier alpha value is -2.94. The van der Waals surface area contributed by atoms with E-state index in [0.717, 1.165) is 0 Å². The van der Waals surface area contributed by atoms with Crippen molar-refractivity contribution in [3.8, 4) is 11.5 Å². The molecule has 4 unspecified atom stereocenters. The molecular formula is C28H43NO8. The lowest BCUT2D eigenvalue weighted by molar-refractivity contribution is -0.149. The molecule has 1 aromatic carbocycles. The molecule has 1 aromatic rings. The third kappa shape index (κ3) is 10.5. The molecular weight excluding hydrogens is 478 g/mol. The molecule has 0 fully saturated rings. The molecule has 0 aliphatic carbocycles. The van der Waals surface area contributed by atoms with Crippen LogP contribution in [0.2, 0.25) is 0 Å². The average molecular weight is 522 g/mol. The lowest BCUT2D eigenvalue weighted by Crippen LogP contribution is -2.38. The monoisotopic (exact) mass is 521 g/mol. The number of carboxylic acids is 1. The van der Waals surface area contributed by atoms with Gasteiger partial charge in [0, 0.05) is 12.3 Å². The zero-order valence-corrected chi connectivity index (χ0v) is 23.1. The van der Waals surface area contributed by atoms with Gasteiger partial charge >= 0.3 is 23.9 Å². The maximum Gasteiger partial charge on any atom is 0.321 e. The highest BCUT2D eigenvalue weighted by Crippen LogP contribution is 2.35. The van der Waals surface area contributed by atoms with Crippen molar-refractivity contribution >= 4 is 23.9 Å². The first kappa shape index (κ1) is 32.1. The van der Waals surface area contributed by atoms with E-state index in [-0.39, 0.29) is 36.2 Å². The van der Waals surface area contributed by atoms with Crippen molar-refractivity contribution in [1.29, 1.82) is 0 Å². The molecule has 5 atom stereocenters. The highest BCUT2D eigenvalue weighted by Gasteiger charge is 2.30. The first-order valence-corrected chi connectivity index (χ1v) is 13.1. The Morgan fingerprint density at radius 1 is 0.892 bits per heavy atom. The lowest BCUT2D eigenvalue weighted by Gasteiger charge is -2.25. The summed E-state index contributed by atoms with van der Waals surface area (Å²) in [5, 5.41) is 9.65. The number of carbonyl (C=O) groups excluding carboxylic acids is 3. The van der Waals surface area contributed by atoms with Gasteiger partial charge in [-0.25, -0.2) is 0 Å². The van der Waals surface area contributed by atoms with Crippen molar-refractivity contribution < 1.29 is 38.5 Å². The maximum absolute atomic E-state index is 12.6. The Morgan fingerprint density at radius 2 is 1.43 bits per heavy atom. The van der Waals surface area contributed by atoms with Gasteiger partial charge in [-0.3, -0.25) is 19.2 Å². The fraction of sp³-hybridized carbons (Fsp3) is 0.643. The zero-order valence-electron chi connectivity index (χ0n) is 23.1. The molecule has 0 bridgehead atoms. The van der Waals surface area contributed by atoms with Gasteiger partial charge < -0.3 is 25.1 Å². The van der Waals surface area contributed by atoms with Crippen LogP contribution in [0.15, 0.2) is 18.2 Å². The summed E-state index contributed by atoms with van der Waals surface area (Å²) in [6, 6.07) is 3.21. The molecule has 0 heterocycles. The second kappa shape index (κ2) is 15.3. The zero-order chi connectivity index (χ0) is 28.3. The Balaban J connectivity index is 3.32. The van der Waals surface area contributed by atoms with E-state index in [1.54, 1.807) is 26.8 Å². The van der Waals surface area contributed by atoms with Crippen LogP contribution in [0.1, 0.15) is 92.1 Å². The van der Waals surface area contributed by atoms with Gasteiger partial charge in [0.1, 0.15) is 6.04 Å². The summed E-state index contributed by atoms with van der Waals surface area (Å²) in [5.74, 6) is -3.70. The standard InChI is InChI=1S/C28H43NO8/c1-8-17(5)27(33)36-22-12-11-20(15-23(22)37-28(34)18(6)9-2)21(25(29)26(31)32)14-19(7)35-24(30)13-10-16(3)4/h11-12,15-19,21,25H,8-10,13-14,29H2,1-7H3,(H,31,32)/t17?,18?,19?,21?,25-/m0/s1. The Labute approximate surface area is 220 Å². The van der Waals surface area contributed by atoms with Crippen LogP contribution < -0.4 is 15.2 Å². The Kier molecular flexibility index (Phi) is 13.3. The number of carboxylic acid groups (broad SMARTS) is 1. The van der Waals surface area contributed by atoms with E-state index in [1.165, 1.54) is 12.1 Å². The summed E-state index contributed by atoms with van der Waals surface area (Å²) in [4.78, 5) is 49.0. The first-order valence-electron chi connectivity index (χ1n) is 13.1. The minimum absolute atomic E-state index is 0.00335. The van der Waals surface area contributed by atoms with E-state index < -0.39 is 41.9 Å². The van der Waals surface area contributed by atoms with Crippen molar-refractivity contribution in [3.05, 3.63) is 23.8 Å². The molecule has 0 aromatic heterocycles. The van der Waals surface area contributed by atoms with Crippen molar-refractivity contribution in [2.75, 3.05) is 0 Å². The lowest BCUT2D eigenvalue weighted by atomic mass is 9.87. The van der Waals surface area contributed by atoms with E-state index in [9.17, 15) is 24.3 Å². The van der Waals surface area contributed by atoms with Crippen molar-refractivity contribution in [3.63, 3.8) is 0 Å². The van der Waals surface area contributed by atoms with Crippen molar-refractivity contribution in [1.82, 2.24) is 0 Å². The van der Waals surface area contributed by atoms with Crippen LogP contribution in [0.5, 0.6) is 11.5 Å². The van der Waals surface area contributed by atoms with Gasteiger partial charge in [-0.15, -0.1) is 0 Å². The normalized spacial score (nSPS) is 15.3. The van der Waals surface area contributed by atoms with Crippen LogP contribution in [0, 0.1) is 17.8 Å². The van der Waals surface area contributed by atoms with Crippen LogP contribution in [0.25, 0.3) is 0 Å². The number of nitrogens with two attached hydrogens (primary N) is 1. The van der Waals surface area contributed by atoms with Gasteiger partial charge in [-0.05, 0) is 56.2 Å². The van der Waals surface area contributed by atoms with E-state index in [4.69, 9.17) is 19.9 Å². The average Bonchev–Trinajstić information content (AvgIpc) is 2.85. The fourth-order valence-corrected chi connectivity index (χ4v) is 3.43. The fourth-order valence-electron chi connectivity index (χ4n) is 3.43. The van der Waals surface area contributed by atoms with Gasteiger partial charge in [0.15, 0.2) is 11.5 Å². The summed E-state index contributed by atoms with van der Waals surface area (Å²) in [7, 11) is 0. The molecule has 9 heteroatoms. The van der Waals surface area contributed by atoms with E-state index in [1.807, 2.05) is 27.7 Å². The Morgan fingerprint density at radius 3 is 1.92 bits per heavy atom. The predicted octanol–water partition coefficient (Wildman–Crippen LogP) is 4.84. The molecule has 37 heavy (non-hydrogen) atoms. The number of aliphatic carboxylic acids is 1. The number of esters is 3. The summed E-state index contributed by atoms with van der Waals surface area (Å²) < 4.78 is 16.6. The summed E-state index contributed by atoms with van der Waals surface area (Å²) >= 11 is 0. The van der Waals surface area contributed by atoms with Crippen LogP contribution in [0.3, 0.4) is 0 Å². The minimum atomic E-state index is -1.32. The molecule has 1 rings (SSSR count). The van der Waals surface area contributed by atoms with Crippen LogP contribution in [-0.4, -0.2) is 41.1 Å². The highest BCUT2D eigenvalue weighted by atomic mass is 16.6. The van der Waals surface area contributed by atoms with Gasteiger partial charge in [0.25, 0.3) is 0 Å². The quantitative estimate of drug-likeness (QED) is 0.245. The number of ether oxygens (including phenoxy) is 3. The van der Waals surface area contributed by atoms with Crippen LogP contribution in [-0.2, 0) is 23.9 Å². The Bertz CT molecular complexity index is 929. The molecule has 0 aliphatic rings. The molecule has 0 amide bonds. The second-order valence-corrected chi connectivity index (χ2v) is 10.1. The molecule has 9 nitrogen and oxygen atoms in total. The van der Waals surface area contributed by atoms with Gasteiger partial charge in [-0.1, -0.05) is 47.6 Å². The molecule has 3 N–H and O–H groups in total. The molecule has 0 saturated carbocycles. The van der Waals surface area contributed by atoms with E-state index in [0.29, 0.717) is 30.7 Å². The molecule has 208 valence electrons. The second-order valence-electron chi connectivity index (χ2n) is 10.1. The minimum Gasteiger partial charge on any atom is -0.480 e. The number of hydrogen-bond acceptors (Lipinski definition) is 8. The number of hydrogen-bond donors (Lipinski definition) is 2. The van der Waals surface area contributed by atoms with Crippen molar-refractivity contribution in [2.45, 2.75) is 98.6 Å². The molecule has 0 aliphatic heterocycles. The molecule has 0 spiro atoms. The topological polar surface area (TPSA) is 142 Å². The number of carbonyl (C=O) groups is 4. The van der Waals surface area contributed by atoms with E-state index >= 15 is 0 Å². The summed E-state index contributed by atoms with van der Waals surface area (Å²) in [6.07, 6.45) is 1.60. The smallest absolute Gasteiger partial charge is 0.321 e. The van der Waals surface area contributed by atoms with E-state index in [2.05, 4.69) is 0 Å². The van der Waals surface area contributed by atoms with Crippen LogP contribution >= 0.6 is 0 Å². The van der Waals surface area contributed by atoms with Gasteiger partial charge in [0.05, 0.1) is 17.9 Å². The summed E-state index contributed by atoms with van der Waals surface area (Å²) in [6.45, 7) is 12.8. The molecule has 0 saturated heterocycles. The SMILES string of the molecule is CCC(C)C(=O)Oc1ccc(C(CC(C)OC(=O)CCC(C)C)[C@H](N)C(=O)O)cc1OC(=O)C(C)CC. The number of rotatable bonds is 15. The third-order valence-electron chi connectivity index (χ3n) is 6.41. The molecule has 0 radical (unpaired) electrons. The maximum atomic E-state index is 12.6. The predicted molar refractivity (Wildman–Crippen MR) is 139 cm³/mol. The van der Waals surface area contributed by atoms with Gasteiger partial charge in [0.2, 0.25) is 0 Å². The highest BCUT2D eigenvalue weighted by molar-refractivity contribution is 5.79. The van der Waals surface area contributed by atoms with Crippen LogP contribution in [0.4, 0.5) is 0 Å². The van der Waals surface area contributed by atoms with Crippen molar-refractivity contribution in [2.24, 2.45) is 23.5 Å². The third-order valence-corrected chi connectivity index (χ3v) is 6.41.